The van der Waals surface area contributed by atoms with Crippen molar-refractivity contribution in [2.45, 2.75) is 19.4 Å². The quantitative estimate of drug-likeness (QED) is 0.849. The first kappa shape index (κ1) is 11.0. The maximum Gasteiger partial charge on any atom is 0.126 e. The molecule has 2 rings (SSSR count). The van der Waals surface area contributed by atoms with E-state index >= 15 is 0 Å². The number of nitrogens with zero attached hydrogens (tertiary/aromatic N) is 2. The summed E-state index contributed by atoms with van der Waals surface area (Å²) in [5.74, 6) is 0.467. The topological polar surface area (TPSA) is 72.0 Å². The van der Waals surface area contributed by atoms with Gasteiger partial charge in [-0.3, -0.25) is 0 Å². The molecule has 1 unspecified atom stereocenters. The maximum atomic E-state index is 9.98. The molecule has 0 bridgehead atoms. The first-order chi connectivity index (χ1) is 7.66. The summed E-state index contributed by atoms with van der Waals surface area (Å²) in [7, 11) is 0. The molecule has 0 aliphatic carbocycles. The summed E-state index contributed by atoms with van der Waals surface area (Å²) in [5, 5.41) is 12.6. The van der Waals surface area contributed by atoms with Crippen LogP contribution in [0.2, 0.25) is 0 Å². The van der Waals surface area contributed by atoms with Gasteiger partial charge in [0.05, 0.1) is 0 Å². The van der Waals surface area contributed by atoms with Crippen LogP contribution in [-0.2, 0) is 6.42 Å². The van der Waals surface area contributed by atoms with Gasteiger partial charge in [0, 0.05) is 23.7 Å². The molecule has 0 saturated heterocycles. The van der Waals surface area contributed by atoms with Crippen molar-refractivity contribution >= 4 is 17.2 Å². The lowest BCUT2D eigenvalue weighted by Gasteiger charge is -2.08. The summed E-state index contributed by atoms with van der Waals surface area (Å²) in [5.41, 5.74) is 7.49. The first-order valence-corrected chi connectivity index (χ1v) is 5.84. The number of rotatable bonds is 3. The second kappa shape index (κ2) is 4.59. The van der Waals surface area contributed by atoms with Crippen molar-refractivity contribution in [3.05, 3.63) is 40.0 Å². The fraction of sp³-hybridized carbons (Fsp3) is 0.273. The molecule has 4 nitrogen and oxygen atoms in total. The molecule has 0 spiro atoms. The molecule has 1 atom stereocenters. The highest BCUT2D eigenvalue weighted by Gasteiger charge is 2.13. The minimum Gasteiger partial charge on any atom is -0.386 e. The van der Waals surface area contributed by atoms with E-state index in [0.29, 0.717) is 12.2 Å². The number of aryl methyl sites for hydroxylation is 1. The summed E-state index contributed by atoms with van der Waals surface area (Å²) in [6.07, 6.45) is 1.48. The van der Waals surface area contributed by atoms with Crippen LogP contribution in [0.15, 0.2) is 23.7 Å². The lowest BCUT2D eigenvalue weighted by Crippen LogP contribution is -2.05. The van der Waals surface area contributed by atoms with Crippen molar-refractivity contribution in [2.24, 2.45) is 0 Å². The summed E-state index contributed by atoms with van der Waals surface area (Å²) < 4.78 is 0. The number of nitrogen functional groups attached to an aromatic ring is 1. The third kappa shape index (κ3) is 2.37. The molecule has 2 heterocycles. The summed E-state index contributed by atoms with van der Waals surface area (Å²) in [4.78, 5) is 8.22. The minimum absolute atomic E-state index is 0.451. The van der Waals surface area contributed by atoms with E-state index in [9.17, 15) is 5.11 Å². The third-order valence-corrected chi connectivity index (χ3v) is 3.33. The van der Waals surface area contributed by atoms with Gasteiger partial charge < -0.3 is 10.8 Å². The Kier molecular flexibility index (Phi) is 3.17. The molecule has 2 aromatic rings. The Labute approximate surface area is 97.8 Å². The second-order valence-electron chi connectivity index (χ2n) is 3.59. The van der Waals surface area contributed by atoms with E-state index in [0.717, 1.165) is 16.3 Å². The average molecular weight is 235 g/mol. The summed E-state index contributed by atoms with van der Waals surface area (Å²) in [6, 6.07) is 3.68. The van der Waals surface area contributed by atoms with E-state index in [4.69, 9.17) is 5.73 Å². The van der Waals surface area contributed by atoms with Crippen LogP contribution < -0.4 is 5.73 Å². The van der Waals surface area contributed by atoms with Gasteiger partial charge in [-0.25, -0.2) is 9.97 Å². The van der Waals surface area contributed by atoms with E-state index in [1.165, 1.54) is 11.3 Å². The Morgan fingerprint density at radius 1 is 1.56 bits per heavy atom. The van der Waals surface area contributed by atoms with Gasteiger partial charge in [0.1, 0.15) is 16.9 Å². The van der Waals surface area contributed by atoms with Gasteiger partial charge in [0.15, 0.2) is 0 Å². The van der Waals surface area contributed by atoms with E-state index in [1.807, 2.05) is 24.4 Å². The van der Waals surface area contributed by atoms with Crippen LogP contribution in [0.25, 0.3) is 0 Å². The highest BCUT2D eigenvalue weighted by molar-refractivity contribution is 7.09. The zero-order valence-corrected chi connectivity index (χ0v) is 9.74. The predicted octanol–water partition coefficient (Wildman–Crippen LogP) is 1.70. The van der Waals surface area contributed by atoms with Gasteiger partial charge in [-0.05, 0) is 18.6 Å². The van der Waals surface area contributed by atoms with Crippen molar-refractivity contribution in [2.75, 3.05) is 5.73 Å². The number of aromatic nitrogens is 2. The number of hydrogen-bond acceptors (Lipinski definition) is 5. The Morgan fingerprint density at radius 2 is 2.38 bits per heavy atom. The monoisotopic (exact) mass is 235 g/mol. The Balaban J connectivity index is 2.13. The molecule has 3 N–H and O–H groups in total. The van der Waals surface area contributed by atoms with E-state index < -0.39 is 6.10 Å². The molecule has 84 valence electrons. The number of anilines is 1. The number of thiazole rings is 1. The molecular weight excluding hydrogens is 222 g/mol. The molecule has 0 aromatic carbocycles. The fourth-order valence-corrected chi connectivity index (χ4v) is 2.23. The number of hydrogen-bond donors (Lipinski definition) is 2. The largest absolute Gasteiger partial charge is 0.386 e. The third-order valence-electron chi connectivity index (χ3n) is 2.26. The normalized spacial score (nSPS) is 12.6. The van der Waals surface area contributed by atoms with E-state index in [2.05, 4.69) is 9.97 Å². The Bertz CT molecular complexity index is 484. The van der Waals surface area contributed by atoms with E-state index in [1.54, 1.807) is 6.20 Å². The molecule has 0 fully saturated rings. The van der Waals surface area contributed by atoms with Gasteiger partial charge in [-0.1, -0.05) is 6.07 Å². The number of aliphatic hydroxyl groups excluding tert-OH is 1. The van der Waals surface area contributed by atoms with Gasteiger partial charge in [-0.15, -0.1) is 11.3 Å². The van der Waals surface area contributed by atoms with E-state index in [-0.39, 0.29) is 0 Å². The van der Waals surface area contributed by atoms with Crippen molar-refractivity contribution in [3.8, 4) is 0 Å². The smallest absolute Gasteiger partial charge is 0.126 e. The second-order valence-corrected chi connectivity index (χ2v) is 4.48. The Hall–Kier alpha value is -1.46. The molecule has 0 saturated carbocycles. The number of aliphatic hydroxyl groups is 1. The van der Waals surface area contributed by atoms with Crippen LogP contribution in [-0.4, -0.2) is 15.1 Å². The van der Waals surface area contributed by atoms with Crippen molar-refractivity contribution < 1.29 is 5.11 Å². The molecule has 2 aromatic heterocycles. The highest BCUT2D eigenvalue weighted by atomic mass is 32.1. The van der Waals surface area contributed by atoms with Crippen LogP contribution in [0.1, 0.15) is 22.4 Å². The number of pyridine rings is 1. The van der Waals surface area contributed by atoms with Gasteiger partial charge in [0.25, 0.3) is 0 Å². The van der Waals surface area contributed by atoms with Crippen LogP contribution in [0.4, 0.5) is 5.82 Å². The summed E-state index contributed by atoms with van der Waals surface area (Å²) >= 11 is 1.46. The lowest BCUT2D eigenvalue weighted by atomic mass is 10.1. The standard InChI is InChI=1S/C11H13N3OS/c1-7-6-16-11(14-7)9(15)5-8-3-2-4-13-10(8)12/h2-4,6,9,15H,5H2,1H3,(H2,12,13). The molecule has 16 heavy (non-hydrogen) atoms. The number of nitrogens with two attached hydrogens (primary N) is 1. The maximum absolute atomic E-state index is 9.98. The predicted molar refractivity (Wildman–Crippen MR) is 64.2 cm³/mol. The molecule has 0 amide bonds. The van der Waals surface area contributed by atoms with Crippen LogP contribution in [0.3, 0.4) is 0 Å². The first-order valence-electron chi connectivity index (χ1n) is 4.96. The molecule has 5 heteroatoms. The van der Waals surface area contributed by atoms with Crippen molar-refractivity contribution in [3.63, 3.8) is 0 Å². The molecule has 0 radical (unpaired) electrons. The van der Waals surface area contributed by atoms with Crippen molar-refractivity contribution in [1.82, 2.24) is 9.97 Å². The van der Waals surface area contributed by atoms with Gasteiger partial charge in [0.2, 0.25) is 0 Å². The average Bonchev–Trinajstić information content (AvgIpc) is 2.68. The van der Waals surface area contributed by atoms with Crippen LogP contribution in [0, 0.1) is 6.92 Å². The molecule has 0 aliphatic heterocycles. The van der Waals surface area contributed by atoms with Gasteiger partial charge >= 0.3 is 0 Å². The van der Waals surface area contributed by atoms with Crippen LogP contribution in [0.5, 0.6) is 0 Å². The SMILES string of the molecule is Cc1csc(C(O)Cc2cccnc2N)n1. The zero-order valence-electron chi connectivity index (χ0n) is 8.92. The Morgan fingerprint density at radius 3 is 3.00 bits per heavy atom. The minimum atomic E-state index is -0.606. The highest BCUT2D eigenvalue weighted by Crippen LogP contribution is 2.23. The molecule has 0 aliphatic rings. The fourth-order valence-electron chi connectivity index (χ4n) is 1.44. The molecular formula is C11H13N3OS. The zero-order chi connectivity index (χ0) is 11.5. The van der Waals surface area contributed by atoms with Crippen molar-refractivity contribution in [1.29, 1.82) is 0 Å². The lowest BCUT2D eigenvalue weighted by molar-refractivity contribution is 0.178. The summed E-state index contributed by atoms with van der Waals surface area (Å²) in [6.45, 7) is 1.91. The van der Waals surface area contributed by atoms with Gasteiger partial charge in [-0.2, -0.15) is 0 Å². The van der Waals surface area contributed by atoms with Crippen LogP contribution >= 0.6 is 11.3 Å².